The summed E-state index contributed by atoms with van der Waals surface area (Å²) in [4.78, 5) is 13.4. The first kappa shape index (κ1) is 18.0. The minimum Gasteiger partial charge on any atom is -0.494 e. The Morgan fingerprint density at radius 2 is 1.85 bits per heavy atom. The molecule has 0 spiro atoms. The molecule has 0 radical (unpaired) electrons. The number of benzene rings is 2. The van der Waals surface area contributed by atoms with E-state index in [-0.39, 0.29) is 11.9 Å². The molecule has 3 rings (SSSR count). The molecule has 6 nitrogen and oxygen atoms in total. The fourth-order valence-electron chi connectivity index (χ4n) is 2.33. The first-order chi connectivity index (χ1) is 12.7. The predicted octanol–water partition coefficient (Wildman–Crippen LogP) is 4.03. The molecule has 0 atom stereocenters. The molecule has 0 aliphatic carbocycles. The second kappa shape index (κ2) is 8.53. The second-order valence-electron chi connectivity index (χ2n) is 5.44. The van der Waals surface area contributed by atoms with Crippen molar-refractivity contribution in [2.24, 2.45) is 0 Å². The van der Waals surface area contributed by atoms with Crippen LogP contribution in [0.15, 0.2) is 57.8 Å². The van der Waals surface area contributed by atoms with E-state index >= 15 is 0 Å². The number of hydrogen-bond donors (Lipinski definition) is 1. The van der Waals surface area contributed by atoms with Gasteiger partial charge in [-0.1, -0.05) is 17.2 Å². The lowest BCUT2D eigenvalue weighted by Crippen LogP contribution is -2.12. The van der Waals surface area contributed by atoms with Crippen molar-refractivity contribution in [1.29, 1.82) is 0 Å². The number of aromatic nitrogens is 2. The van der Waals surface area contributed by atoms with E-state index < -0.39 is 0 Å². The summed E-state index contributed by atoms with van der Waals surface area (Å²) in [5, 5.41) is 10.5. The average Bonchev–Trinajstić information content (AvgIpc) is 3.10. The van der Waals surface area contributed by atoms with Crippen LogP contribution in [0.5, 0.6) is 5.75 Å². The van der Waals surface area contributed by atoms with Crippen LogP contribution in [0.2, 0.25) is 0 Å². The Bertz CT molecular complexity index is 860. The lowest BCUT2D eigenvalue weighted by atomic mass is 10.1. The number of ether oxygens (including phenoxy) is 1. The van der Waals surface area contributed by atoms with E-state index in [1.807, 2.05) is 37.4 Å². The molecule has 0 saturated heterocycles. The molecule has 0 saturated carbocycles. The summed E-state index contributed by atoms with van der Waals surface area (Å²) in [7, 11) is 0. The monoisotopic (exact) mass is 369 g/mol. The van der Waals surface area contributed by atoms with Gasteiger partial charge in [0.1, 0.15) is 5.75 Å². The lowest BCUT2D eigenvalue weighted by Gasteiger charge is -2.04. The van der Waals surface area contributed by atoms with Crippen LogP contribution in [-0.2, 0) is 6.42 Å². The third-order valence-electron chi connectivity index (χ3n) is 3.63. The van der Waals surface area contributed by atoms with Crippen LogP contribution < -0.4 is 10.1 Å². The van der Waals surface area contributed by atoms with Crippen molar-refractivity contribution in [3.63, 3.8) is 0 Å². The summed E-state index contributed by atoms with van der Waals surface area (Å²) in [6.07, 6.45) is 2.55. The second-order valence-corrected chi connectivity index (χ2v) is 6.32. The molecule has 1 aromatic heterocycles. The van der Waals surface area contributed by atoms with Gasteiger partial charge in [0.25, 0.3) is 5.91 Å². The zero-order chi connectivity index (χ0) is 18.4. The maximum atomic E-state index is 12.2. The molecule has 0 unspecified atom stereocenters. The van der Waals surface area contributed by atoms with Gasteiger partial charge in [-0.15, -0.1) is 16.9 Å². The highest BCUT2D eigenvalue weighted by Gasteiger charge is 2.12. The zero-order valence-electron chi connectivity index (χ0n) is 14.6. The molecule has 3 aromatic rings. The average molecular weight is 369 g/mol. The minimum absolute atomic E-state index is 0.0830. The van der Waals surface area contributed by atoms with Crippen LogP contribution >= 0.6 is 11.8 Å². The summed E-state index contributed by atoms with van der Waals surface area (Å²) < 4.78 is 10.9. The summed E-state index contributed by atoms with van der Waals surface area (Å²) >= 11 is 1.69. The molecular weight excluding hydrogens is 350 g/mol. The van der Waals surface area contributed by atoms with E-state index in [2.05, 4.69) is 15.5 Å². The number of nitrogens with one attached hydrogen (secondary N) is 1. The van der Waals surface area contributed by atoms with Crippen molar-refractivity contribution in [2.75, 3.05) is 18.2 Å². The Morgan fingerprint density at radius 3 is 2.50 bits per heavy atom. The Morgan fingerprint density at radius 1 is 1.12 bits per heavy atom. The molecule has 2 aromatic carbocycles. The van der Waals surface area contributed by atoms with Crippen LogP contribution in [0.1, 0.15) is 28.7 Å². The van der Waals surface area contributed by atoms with Crippen molar-refractivity contribution in [2.45, 2.75) is 18.2 Å². The number of anilines is 1. The Hall–Kier alpha value is -2.80. The van der Waals surface area contributed by atoms with E-state index in [9.17, 15) is 4.79 Å². The topological polar surface area (TPSA) is 77.2 Å². The van der Waals surface area contributed by atoms with E-state index in [0.29, 0.717) is 24.5 Å². The highest BCUT2D eigenvalue weighted by molar-refractivity contribution is 7.98. The highest BCUT2D eigenvalue weighted by atomic mass is 32.2. The number of nitrogens with zero attached hydrogens (tertiary/aromatic N) is 2. The molecule has 0 fully saturated rings. The third-order valence-corrected chi connectivity index (χ3v) is 4.37. The maximum absolute atomic E-state index is 12.2. The summed E-state index contributed by atoms with van der Waals surface area (Å²) in [5.74, 6) is 0.855. The Labute approximate surface area is 156 Å². The van der Waals surface area contributed by atoms with E-state index in [0.717, 1.165) is 11.3 Å². The summed E-state index contributed by atoms with van der Waals surface area (Å²) in [6, 6.07) is 15.1. The highest BCUT2D eigenvalue weighted by Crippen LogP contribution is 2.18. The largest absolute Gasteiger partial charge is 0.494 e. The van der Waals surface area contributed by atoms with Gasteiger partial charge in [0, 0.05) is 10.5 Å². The Kier molecular flexibility index (Phi) is 5.91. The first-order valence-corrected chi connectivity index (χ1v) is 9.40. The molecule has 1 amide bonds. The van der Waals surface area contributed by atoms with Crippen LogP contribution in [0, 0.1) is 0 Å². The van der Waals surface area contributed by atoms with Gasteiger partial charge >= 0.3 is 6.01 Å². The summed E-state index contributed by atoms with van der Waals surface area (Å²) in [6.45, 7) is 2.49. The van der Waals surface area contributed by atoms with Crippen LogP contribution in [0.4, 0.5) is 6.01 Å². The van der Waals surface area contributed by atoms with Crippen molar-refractivity contribution in [3.05, 3.63) is 65.5 Å². The molecule has 0 bridgehead atoms. The predicted molar refractivity (Wildman–Crippen MR) is 101 cm³/mol. The number of thioether (sulfide) groups is 1. The van der Waals surface area contributed by atoms with Gasteiger partial charge in [0.2, 0.25) is 5.89 Å². The van der Waals surface area contributed by atoms with Gasteiger partial charge < -0.3 is 9.15 Å². The quantitative estimate of drug-likeness (QED) is 0.634. The number of carbonyl (C=O) groups is 1. The van der Waals surface area contributed by atoms with Crippen molar-refractivity contribution < 1.29 is 13.9 Å². The number of rotatable bonds is 7. The minimum atomic E-state index is -0.312. The van der Waals surface area contributed by atoms with Crippen molar-refractivity contribution in [1.82, 2.24) is 10.2 Å². The van der Waals surface area contributed by atoms with Gasteiger partial charge in [0.15, 0.2) is 0 Å². The number of carbonyl (C=O) groups excluding carboxylic acids is 1. The fraction of sp³-hybridized carbons (Fsp3) is 0.211. The smallest absolute Gasteiger partial charge is 0.322 e. The zero-order valence-corrected chi connectivity index (χ0v) is 15.4. The molecule has 1 heterocycles. The number of amides is 1. The SMILES string of the molecule is CCOc1ccc(C(=O)Nc2nnc(Cc3ccc(SC)cc3)o2)cc1. The molecular formula is C19H19N3O3S. The summed E-state index contributed by atoms with van der Waals surface area (Å²) in [5.41, 5.74) is 1.55. The molecule has 26 heavy (non-hydrogen) atoms. The van der Waals surface area contributed by atoms with Crippen LogP contribution in [0.3, 0.4) is 0 Å². The molecule has 7 heteroatoms. The molecule has 0 aliphatic rings. The van der Waals surface area contributed by atoms with Gasteiger partial charge in [-0.05, 0) is 55.1 Å². The van der Waals surface area contributed by atoms with Gasteiger partial charge in [-0.2, -0.15) is 0 Å². The van der Waals surface area contributed by atoms with Crippen molar-refractivity contribution in [3.8, 4) is 5.75 Å². The molecule has 1 N–H and O–H groups in total. The van der Waals surface area contributed by atoms with E-state index in [1.54, 1.807) is 36.0 Å². The normalized spacial score (nSPS) is 10.5. The van der Waals surface area contributed by atoms with Gasteiger partial charge in [-0.25, -0.2) is 0 Å². The van der Waals surface area contributed by atoms with E-state index in [4.69, 9.17) is 9.15 Å². The molecule has 134 valence electrons. The lowest BCUT2D eigenvalue weighted by molar-refractivity contribution is 0.102. The molecule has 0 aliphatic heterocycles. The maximum Gasteiger partial charge on any atom is 0.322 e. The van der Waals surface area contributed by atoms with Crippen LogP contribution in [-0.4, -0.2) is 29.0 Å². The fourth-order valence-corrected chi connectivity index (χ4v) is 2.74. The number of hydrogen-bond acceptors (Lipinski definition) is 6. The standard InChI is InChI=1S/C19H19N3O3S/c1-3-24-15-8-6-14(7-9-15)18(23)20-19-22-21-17(25-19)12-13-4-10-16(26-2)11-5-13/h4-11H,3,12H2,1-2H3,(H,20,22,23). The van der Waals surface area contributed by atoms with Crippen LogP contribution in [0.25, 0.3) is 0 Å². The van der Waals surface area contributed by atoms with Crippen molar-refractivity contribution >= 4 is 23.7 Å². The van der Waals surface area contributed by atoms with E-state index in [1.165, 1.54) is 4.90 Å². The van der Waals surface area contributed by atoms with Gasteiger partial charge in [0.05, 0.1) is 13.0 Å². The third kappa shape index (κ3) is 4.64. The van der Waals surface area contributed by atoms with Gasteiger partial charge in [-0.3, -0.25) is 10.1 Å². The Balaban J connectivity index is 1.61. The first-order valence-electron chi connectivity index (χ1n) is 8.17.